The third-order valence-electron chi connectivity index (χ3n) is 5.72. The van der Waals surface area contributed by atoms with Crippen LogP contribution in [0.2, 0.25) is 0 Å². The van der Waals surface area contributed by atoms with Crippen LogP contribution in [0.1, 0.15) is 30.5 Å². The van der Waals surface area contributed by atoms with Crippen LogP contribution in [0.25, 0.3) is 0 Å². The maximum absolute atomic E-state index is 13.5. The number of anilines is 2. The molecule has 2 aromatic rings. The van der Waals surface area contributed by atoms with E-state index in [0.29, 0.717) is 12.0 Å². The summed E-state index contributed by atoms with van der Waals surface area (Å²) in [7, 11) is 1.34. The lowest BCUT2D eigenvalue weighted by molar-refractivity contribution is -0.151. The molecule has 0 saturated carbocycles. The summed E-state index contributed by atoms with van der Waals surface area (Å²) in [4.78, 5) is 25.9. The second-order valence-electron chi connectivity index (χ2n) is 7.54. The zero-order chi connectivity index (χ0) is 19.8. The van der Waals surface area contributed by atoms with Gasteiger partial charge in [-0.3, -0.25) is 9.59 Å². The van der Waals surface area contributed by atoms with Gasteiger partial charge in [0.2, 0.25) is 0 Å². The van der Waals surface area contributed by atoms with Crippen LogP contribution < -0.4 is 10.6 Å². The molecule has 5 nitrogen and oxygen atoms in total. The van der Waals surface area contributed by atoms with Crippen LogP contribution in [0.5, 0.6) is 0 Å². The van der Waals surface area contributed by atoms with E-state index in [-0.39, 0.29) is 17.7 Å². The van der Waals surface area contributed by atoms with Gasteiger partial charge in [-0.25, -0.2) is 0 Å². The molecule has 144 valence electrons. The van der Waals surface area contributed by atoms with E-state index in [1.165, 1.54) is 7.11 Å². The van der Waals surface area contributed by atoms with Crippen molar-refractivity contribution in [1.29, 1.82) is 0 Å². The van der Waals surface area contributed by atoms with Crippen molar-refractivity contribution in [1.82, 2.24) is 0 Å². The largest absolute Gasteiger partial charge is 0.468 e. The van der Waals surface area contributed by atoms with Crippen LogP contribution in [-0.2, 0) is 14.3 Å². The third-order valence-corrected chi connectivity index (χ3v) is 5.72. The van der Waals surface area contributed by atoms with Crippen LogP contribution in [0, 0.1) is 18.8 Å². The van der Waals surface area contributed by atoms with Gasteiger partial charge in [-0.15, -0.1) is 0 Å². The molecule has 0 spiro atoms. The van der Waals surface area contributed by atoms with Crippen molar-refractivity contribution < 1.29 is 14.3 Å². The minimum absolute atomic E-state index is 0.131. The average Bonchev–Trinajstić information content (AvgIpc) is 2.84. The molecule has 0 amide bonds. The number of allylic oxidation sites excluding steroid dienone is 1. The summed E-state index contributed by atoms with van der Waals surface area (Å²) in [5.74, 6) is -1.54. The molecular formula is C23H24N2O3. The van der Waals surface area contributed by atoms with Crippen molar-refractivity contribution in [2.75, 3.05) is 17.7 Å². The number of Topliss-reactive ketones (excluding diaryl/α,β-unsaturated/α-hetero) is 1. The number of esters is 1. The highest BCUT2D eigenvalue weighted by atomic mass is 16.5. The quantitative estimate of drug-likeness (QED) is 0.607. The van der Waals surface area contributed by atoms with E-state index in [1.54, 1.807) is 0 Å². The summed E-state index contributed by atoms with van der Waals surface area (Å²) in [6.07, 6.45) is 0.610. The van der Waals surface area contributed by atoms with Gasteiger partial charge in [0, 0.05) is 11.3 Å². The Kier molecular flexibility index (Phi) is 4.67. The lowest BCUT2D eigenvalue weighted by atomic mass is 9.74. The number of nitrogens with one attached hydrogen (secondary N) is 2. The van der Waals surface area contributed by atoms with Gasteiger partial charge in [0.1, 0.15) is 5.92 Å². The lowest BCUT2D eigenvalue weighted by Crippen LogP contribution is -2.39. The molecule has 4 rings (SSSR count). The fourth-order valence-electron chi connectivity index (χ4n) is 4.28. The minimum Gasteiger partial charge on any atom is -0.468 e. The van der Waals surface area contributed by atoms with Gasteiger partial charge in [0.25, 0.3) is 0 Å². The standard InChI is InChI=1S/C23H24N2O3/c1-13-8-4-5-9-15(13)21-20-18(24-16-10-6-7-11-17(16)25-21)12-14(2)19(22(20)26)23(27)28-3/h4-11,14,19,21,24-25H,12H2,1-3H3/t14-,19+,21-/m1/s1. The fourth-order valence-corrected chi connectivity index (χ4v) is 4.28. The predicted molar refractivity (Wildman–Crippen MR) is 109 cm³/mol. The molecule has 0 saturated heterocycles. The first kappa shape index (κ1) is 18.3. The topological polar surface area (TPSA) is 67.4 Å². The van der Waals surface area contributed by atoms with Gasteiger partial charge in [-0.2, -0.15) is 0 Å². The summed E-state index contributed by atoms with van der Waals surface area (Å²) in [6.45, 7) is 3.97. The molecule has 0 fully saturated rings. The number of aryl methyl sites for hydroxylation is 1. The van der Waals surface area contributed by atoms with Crippen molar-refractivity contribution in [3.05, 3.63) is 70.9 Å². The summed E-state index contributed by atoms with van der Waals surface area (Å²) >= 11 is 0. The highest BCUT2D eigenvalue weighted by Crippen LogP contribution is 2.44. The van der Waals surface area contributed by atoms with E-state index in [0.717, 1.165) is 28.2 Å². The molecule has 0 aromatic heterocycles. The van der Waals surface area contributed by atoms with E-state index >= 15 is 0 Å². The molecule has 0 bridgehead atoms. The van der Waals surface area contributed by atoms with Crippen LogP contribution >= 0.6 is 0 Å². The zero-order valence-corrected chi connectivity index (χ0v) is 16.3. The molecule has 5 heteroatoms. The number of ether oxygens (including phenoxy) is 1. The number of hydrogen-bond donors (Lipinski definition) is 2. The maximum atomic E-state index is 13.5. The number of hydrogen-bond acceptors (Lipinski definition) is 5. The summed E-state index contributed by atoms with van der Waals surface area (Å²) < 4.78 is 4.94. The second kappa shape index (κ2) is 7.15. The molecule has 2 aliphatic rings. The Morgan fingerprint density at radius 1 is 1.07 bits per heavy atom. The highest BCUT2D eigenvalue weighted by molar-refractivity contribution is 6.11. The monoisotopic (exact) mass is 376 g/mol. The van der Waals surface area contributed by atoms with Gasteiger partial charge in [0.05, 0.1) is 24.5 Å². The minimum atomic E-state index is -0.778. The molecule has 1 aliphatic heterocycles. The van der Waals surface area contributed by atoms with Gasteiger partial charge in [-0.05, 0) is 42.5 Å². The van der Waals surface area contributed by atoms with E-state index in [4.69, 9.17) is 4.74 Å². The number of benzene rings is 2. The molecule has 0 unspecified atom stereocenters. The van der Waals surface area contributed by atoms with Gasteiger partial charge < -0.3 is 15.4 Å². The summed E-state index contributed by atoms with van der Waals surface area (Å²) in [5, 5.41) is 7.01. The van der Waals surface area contributed by atoms with E-state index in [1.807, 2.05) is 62.4 Å². The van der Waals surface area contributed by atoms with Crippen molar-refractivity contribution in [2.45, 2.75) is 26.3 Å². The normalized spacial score (nSPS) is 23.7. The molecule has 1 aliphatic carbocycles. The van der Waals surface area contributed by atoms with Crippen molar-refractivity contribution in [3.8, 4) is 0 Å². The zero-order valence-electron chi connectivity index (χ0n) is 16.3. The second-order valence-corrected chi connectivity index (χ2v) is 7.54. The number of para-hydroxylation sites is 2. The average molecular weight is 376 g/mol. The van der Waals surface area contributed by atoms with Crippen LogP contribution in [-0.4, -0.2) is 18.9 Å². The van der Waals surface area contributed by atoms with Crippen LogP contribution in [0.3, 0.4) is 0 Å². The Hall–Kier alpha value is -3.08. The van der Waals surface area contributed by atoms with Gasteiger partial charge >= 0.3 is 5.97 Å². The number of rotatable bonds is 2. The Bertz CT molecular complexity index is 979. The fraction of sp³-hybridized carbons (Fsp3) is 0.304. The first-order chi connectivity index (χ1) is 13.5. The summed E-state index contributed by atoms with van der Waals surface area (Å²) in [5.41, 5.74) is 5.48. The Morgan fingerprint density at radius 2 is 1.75 bits per heavy atom. The maximum Gasteiger partial charge on any atom is 0.316 e. The lowest BCUT2D eigenvalue weighted by Gasteiger charge is -2.32. The SMILES string of the molecule is COC(=O)[C@@H]1C(=O)C2=C(C[C@H]1C)Nc1ccccc1N[C@@H]2c1ccccc1C. The van der Waals surface area contributed by atoms with Crippen LogP contribution in [0.4, 0.5) is 11.4 Å². The highest BCUT2D eigenvalue weighted by Gasteiger charge is 2.44. The van der Waals surface area contributed by atoms with E-state index < -0.39 is 11.9 Å². The van der Waals surface area contributed by atoms with Gasteiger partial charge in [-0.1, -0.05) is 43.3 Å². The number of fused-ring (bicyclic) bond motifs is 1. The first-order valence-corrected chi connectivity index (χ1v) is 9.54. The Balaban J connectivity index is 1.90. The Morgan fingerprint density at radius 3 is 2.46 bits per heavy atom. The number of methoxy groups -OCH3 is 1. The number of carbonyl (C=O) groups is 2. The molecule has 28 heavy (non-hydrogen) atoms. The molecule has 2 aromatic carbocycles. The van der Waals surface area contributed by atoms with Crippen molar-refractivity contribution in [3.63, 3.8) is 0 Å². The first-order valence-electron chi connectivity index (χ1n) is 9.54. The molecule has 1 heterocycles. The summed E-state index contributed by atoms with van der Waals surface area (Å²) in [6, 6.07) is 15.6. The third kappa shape index (κ3) is 2.97. The smallest absolute Gasteiger partial charge is 0.316 e. The molecule has 0 radical (unpaired) electrons. The van der Waals surface area contributed by atoms with Gasteiger partial charge in [0.15, 0.2) is 5.78 Å². The van der Waals surface area contributed by atoms with Crippen molar-refractivity contribution >= 4 is 23.1 Å². The van der Waals surface area contributed by atoms with Crippen LogP contribution in [0.15, 0.2) is 59.8 Å². The van der Waals surface area contributed by atoms with E-state index in [2.05, 4.69) is 10.6 Å². The number of ketones is 1. The van der Waals surface area contributed by atoms with Crippen molar-refractivity contribution in [2.24, 2.45) is 11.8 Å². The van der Waals surface area contributed by atoms with E-state index in [9.17, 15) is 9.59 Å². The predicted octanol–water partition coefficient (Wildman–Crippen LogP) is 4.23. The Labute approximate surface area is 164 Å². The number of carbonyl (C=O) groups excluding carboxylic acids is 2. The molecule has 3 atom stereocenters. The molecular weight excluding hydrogens is 352 g/mol. The molecule has 2 N–H and O–H groups in total.